The number of nitrogens with one attached hydrogen (secondary N) is 1. The molecule has 2 aromatic rings. The lowest BCUT2D eigenvalue weighted by atomic mass is 10.0. The van der Waals surface area contributed by atoms with Gasteiger partial charge in [0.1, 0.15) is 5.82 Å². The van der Waals surface area contributed by atoms with Gasteiger partial charge in [-0.15, -0.1) is 0 Å². The molecule has 0 saturated carbocycles. The molecule has 2 rings (SSSR count). The monoisotopic (exact) mass is 261 g/mol. The van der Waals surface area contributed by atoms with E-state index in [0.29, 0.717) is 0 Å². The molecule has 94 valence electrons. The average molecular weight is 262 g/mol. The van der Waals surface area contributed by atoms with Gasteiger partial charge in [-0.25, -0.2) is 9.97 Å². The van der Waals surface area contributed by atoms with Crippen LogP contribution in [0.25, 0.3) is 0 Å². The first-order valence-electron chi connectivity index (χ1n) is 5.90. The standard InChI is InChI=1S/C14H16ClN3/c1-10-4-5-11(12(15)8-10)9-13(16-2)14-17-6-3-7-18-14/h3-8,13,16H,9H2,1-2H3. The third-order valence-corrected chi connectivity index (χ3v) is 3.23. The number of nitrogens with zero attached hydrogens (tertiary/aromatic N) is 2. The summed E-state index contributed by atoms with van der Waals surface area (Å²) in [7, 11) is 1.91. The van der Waals surface area contributed by atoms with E-state index in [1.54, 1.807) is 12.4 Å². The minimum absolute atomic E-state index is 0.0754. The van der Waals surface area contributed by atoms with Gasteiger partial charge >= 0.3 is 0 Å². The van der Waals surface area contributed by atoms with Gasteiger partial charge in [-0.2, -0.15) is 0 Å². The summed E-state index contributed by atoms with van der Waals surface area (Å²) in [5, 5.41) is 4.02. The number of aromatic nitrogens is 2. The zero-order valence-corrected chi connectivity index (χ0v) is 11.3. The van der Waals surface area contributed by atoms with Crippen LogP contribution in [0.2, 0.25) is 5.02 Å². The maximum atomic E-state index is 6.25. The van der Waals surface area contributed by atoms with Crippen molar-refractivity contribution in [2.45, 2.75) is 19.4 Å². The zero-order chi connectivity index (χ0) is 13.0. The number of aryl methyl sites for hydroxylation is 1. The summed E-state index contributed by atoms with van der Waals surface area (Å²) in [6.07, 6.45) is 4.28. The highest BCUT2D eigenvalue weighted by molar-refractivity contribution is 6.31. The Kier molecular flexibility index (Phi) is 4.28. The highest BCUT2D eigenvalue weighted by Gasteiger charge is 2.14. The molecule has 1 heterocycles. The Morgan fingerprint density at radius 3 is 2.61 bits per heavy atom. The van der Waals surface area contributed by atoms with E-state index in [1.807, 2.05) is 26.1 Å². The highest BCUT2D eigenvalue weighted by Crippen LogP contribution is 2.22. The summed E-state index contributed by atoms with van der Waals surface area (Å²) < 4.78 is 0. The van der Waals surface area contributed by atoms with E-state index in [2.05, 4.69) is 27.4 Å². The van der Waals surface area contributed by atoms with E-state index in [1.165, 1.54) is 5.56 Å². The summed E-state index contributed by atoms with van der Waals surface area (Å²) in [5.41, 5.74) is 2.27. The lowest BCUT2D eigenvalue weighted by Gasteiger charge is -2.15. The molecule has 1 N–H and O–H groups in total. The van der Waals surface area contributed by atoms with Crippen LogP contribution in [0, 0.1) is 6.92 Å². The molecule has 18 heavy (non-hydrogen) atoms. The van der Waals surface area contributed by atoms with E-state index >= 15 is 0 Å². The predicted octanol–water partition coefficient (Wildman–Crippen LogP) is 2.94. The van der Waals surface area contributed by atoms with Gasteiger partial charge in [-0.1, -0.05) is 23.7 Å². The minimum atomic E-state index is 0.0754. The van der Waals surface area contributed by atoms with E-state index in [0.717, 1.165) is 22.8 Å². The Bertz CT molecular complexity index is 514. The van der Waals surface area contributed by atoms with Gasteiger partial charge in [0, 0.05) is 17.4 Å². The molecular formula is C14H16ClN3. The van der Waals surface area contributed by atoms with E-state index in [9.17, 15) is 0 Å². The second-order valence-electron chi connectivity index (χ2n) is 4.25. The first kappa shape index (κ1) is 13.0. The molecule has 1 atom stereocenters. The first-order valence-corrected chi connectivity index (χ1v) is 6.27. The number of rotatable bonds is 4. The Balaban J connectivity index is 2.21. The maximum absolute atomic E-state index is 6.25. The number of benzene rings is 1. The summed E-state index contributed by atoms with van der Waals surface area (Å²) in [6.45, 7) is 2.03. The van der Waals surface area contributed by atoms with Crippen molar-refractivity contribution in [2.24, 2.45) is 0 Å². The SMILES string of the molecule is CNC(Cc1ccc(C)cc1Cl)c1ncccn1. The molecule has 1 unspecified atom stereocenters. The number of hydrogen-bond donors (Lipinski definition) is 1. The molecule has 0 radical (unpaired) electrons. The van der Waals surface area contributed by atoms with Crippen molar-refractivity contribution in [1.29, 1.82) is 0 Å². The van der Waals surface area contributed by atoms with Crippen molar-refractivity contribution in [3.8, 4) is 0 Å². The Hall–Kier alpha value is -1.45. The van der Waals surface area contributed by atoms with Gasteiger partial charge in [-0.05, 0) is 43.7 Å². The number of halogens is 1. The fraction of sp³-hybridized carbons (Fsp3) is 0.286. The first-order chi connectivity index (χ1) is 8.70. The molecule has 0 spiro atoms. The van der Waals surface area contributed by atoms with Gasteiger partial charge in [-0.3, -0.25) is 0 Å². The molecule has 0 aliphatic heterocycles. The van der Waals surface area contributed by atoms with Crippen molar-refractivity contribution in [3.63, 3.8) is 0 Å². The summed E-state index contributed by atoms with van der Waals surface area (Å²) in [5.74, 6) is 0.789. The highest BCUT2D eigenvalue weighted by atomic mass is 35.5. The molecule has 0 saturated heterocycles. The van der Waals surface area contributed by atoms with E-state index in [-0.39, 0.29) is 6.04 Å². The molecule has 3 nitrogen and oxygen atoms in total. The maximum Gasteiger partial charge on any atom is 0.145 e. The molecule has 0 amide bonds. The van der Waals surface area contributed by atoms with Crippen LogP contribution in [0.4, 0.5) is 0 Å². The van der Waals surface area contributed by atoms with E-state index < -0.39 is 0 Å². The normalized spacial score (nSPS) is 12.4. The van der Waals surface area contributed by atoms with Gasteiger partial charge in [0.05, 0.1) is 6.04 Å². The topological polar surface area (TPSA) is 37.8 Å². The van der Waals surface area contributed by atoms with Crippen LogP contribution in [0.3, 0.4) is 0 Å². The lowest BCUT2D eigenvalue weighted by Crippen LogP contribution is -2.21. The van der Waals surface area contributed by atoms with Gasteiger partial charge in [0.25, 0.3) is 0 Å². The molecule has 0 aliphatic carbocycles. The van der Waals surface area contributed by atoms with E-state index in [4.69, 9.17) is 11.6 Å². The largest absolute Gasteiger partial charge is 0.310 e. The molecule has 0 aliphatic rings. The lowest BCUT2D eigenvalue weighted by molar-refractivity contribution is 0.557. The fourth-order valence-electron chi connectivity index (χ4n) is 1.85. The Morgan fingerprint density at radius 1 is 1.28 bits per heavy atom. The molecule has 0 fully saturated rings. The third-order valence-electron chi connectivity index (χ3n) is 2.88. The summed E-state index contributed by atoms with van der Waals surface area (Å²) in [6, 6.07) is 8.00. The van der Waals surface area contributed by atoms with Crippen LogP contribution in [0.5, 0.6) is 0 Å². The minimum Gasteiger partial charge on any atom is -0.310 e. The molecule has 4 heteroatoms. The smallest absolute Gasteiger partial charge is 0.145 e. The predicted molar refractivity (Wildman–Crippen MR) is 73.7 cm³/mol. The number of hydrogen-bond acceptors (Lipinski definition) is 3. The van der Waals surface area contributed by atoms with Crippen LogP contribution in [-0.4, -0.2) is 17.0 Å². The average Bonchev–Trinajstić information content (AvgIpc) is 2.39. The van der Waals surface area contributed by atoms with Crippen LogP contribution in [0.1, 0.15) is 23.0 Å². The number of likely N-dealkylation sites (N-methyl/N-ethyl adjacent to an activating group) is 1. The molecule has 0 bridgehead atoms. The summed E-state index contributed by atoms with van der Waals surface area (Å²) >= 11 is 6.25. The zero-order valence-electron chi connectivity index (χ0n) is 10.5. The van der Waals surface area contributed by atoms with Crippen LogP contribution in [0.15, 0.2) is 36.7 Å². The van der Waals surface area contributed by atoms with Crippen molar-refractivity contribution in [3.05, 3.63) is 58.6 Å². The third kappa shape index (κ3) is 3.06. The van der Waals surface area contributed by atoms with Crippen molar-refractivity contribution >= 4 is 11.6 Å². The van der Waals surface area contributed by atoms with Gasteiger partial charge in [0.2, 0.25) is 0 Å². The molecule has 1 aromatic carbocycles. The van der Waals surface area contributed by atoms with Gasteiger partial charge in [0.15, 0.2) is 0 Å². The fourth-order valence-corrected chi connectivity index (χ4v) is 2.16. The van der Waals surface area contributed by atoms with Crippen molar-refractivity contribution in [2.75, 3.05) is 7.05 Å². The van der Waals surface area contributed by atoms with Crippen LogP contribution < -0.4 is 5.32 Å². The Labute approximate surface area is 112 Å². The van der Waals surface area contributed by atoms with Gasteiger partial charge < -0.3 is 5.32 Å². The Morgan fingerprint density at radius 2 is 2.00 bits per heavy atom. The second-order valence-corrected chi connectivity index (χ2v) is 4.65. The summed E-state index contributed by atoms with van der Waals surface area (Å²) in [4.78, 5) is 8.55. The van der Waals surface area contributed by atoms with Crippen LogP contribution >= 0.6 is 11.6 Å². The van der Waals surface area contributed by atoms with Crippen molar-refractivity contribution in [1.82, 2.24) is 15.3 Å². The van der Waals surface area contributed by atoms with Crippen LogP contribution in [-0.2, 0) is 6.42 Å². The molecule has 1 aromatic heterocycles. The van der Waals surface area contributed by atoms with Crippen molar-refractivity contribution < 1.29 is 0 Å². The molecular weight excluding hydrogens is 246 g/mol. The quantitative estimate of drug-likeness (QED) is 0.920. The second kappa shape index (κ2) is 5.94.